The van der Waals surface area contributed by atoms with Crippen molar-refractivity contribution in [2.24, 2.45) is 0 Å². The van der Waals surface area contributed by atoms with Crippen molar-refractivity contribution in [2.75, 3.05) is 0 Å². The number of rotatable bonds is 3. The summed E-state index contributed by atoms with van der Waals surface area (Å²) in [7, 11) is 0. The summed E-state index contributed by atoms with van der Waals surface area (Å²) in [6.07, 6.45) is 0. The van der Waals surface area contributed by atoms with E-state index in [4.69, 9.17) is 9.90 Å². The molecule has 4 heteroatoms. The van der Waals surface area contributed by atoms with Gasteiger partial charge in [-0.25, -0.2) is 0 Å². The van der Waals surface area contributed by atoms with Gasteiger partial charge in [0.05, 0.1) is 0 Å². The quantitative estimate of drug-likeness (QED) is 0.807. The molecule has 0 heterocycles. The van der Waals surface area contributed by atoms with Crippen LogP contribution in [-0.4, -0.2) is 25.4 Å². The zero-order chi connectivity index (χ0) is 9.28. The summed E-state index contributed by atoms with van der Waals surface area (Å²) in [5.74, 6) is -0.833. The summed E-state index contributed by atoms with van der Waals surface area (Å²) < 4.78 is 0. The number of hydrogen-bond acceptors (Lipinski definition) is 1. The summed E-state index contributed by atoms with van der Waals surface area (Å²) in [4.78, 5) is 9.00. The third kappa shape index (κ3) is 22.4. The second-order valence-corrected chi connectivity index (χ2v) is 9.93. The molecule has 0 aliphatic carbocycles. The molecule has 0 aromatic carbocycles. The minimum absolute atomic E-state index is 0. The first-order valence-electron chi connectivity index (χ1n) is 4.11. The zero-order valence-electron chi connectivity index (χ0n) is 8.68. The predicted molar refractivity (Wildman–Crippen MR) is 50.5 cm³/mol. The topological polar surface area (TPSA) is 37.3 Å². The van der Waals surface area contributed by atoms with Gasteiger partial charge >= 0.3 is 50.9 Å². The van der Waals surface area contributed by atoms with Crippen LogP contribution in [0.15, 0.2) is 0 Å². The van der Waals surface area contributed by atoms with Crippen LogP contribution in [0.25, 0.3) is 0 Å². The summed E-state index contributed by atoms with van der Waals surface area (Å²) in [6.45, 7) is 8.09. The molecule has 12 heavy (non-hydrogen) atoms. The van der Waals surface area contributed by atoms with E-state index in [1.54, 1.807) is 0 Å². The Balaban J connectivity index is -0.000000142. The van der Waals surface area contributed by atoms with Gasteiger partial charge in [0.1, 0.15) is 0 Å². The Morgan fingerprint density at radius 2 is 1.33 bits per heavy atom. The first-order valence-corrected chi connectivity index (χ1v) is 8.56. The molecule has 0 bridgehead atoms. The fourth-order valence-corrected chi connectivity index (χ4v) is 3.90. The van der Waals surface area contributed by atoms with Crippen LogP contribution in [0.4, 0.5) is 0 Å². The molecule has 0 amide bonds. The summed E-state index contributed by atoms with van der Waals surface area (Å²) in [5, 5.41) is 12.0. The predicted octanol–water partition coefficient (Wildman–Crippen LogP) is 2.63. The normalized spacial score (nSPS) is 8.08. The Bertz CT molecular complexity index is 85.5. The monoisotopic (exact) mass is 335 g/mol. The van der Waals surface area contributed by atoms with E-state index >= 15 is 0 Å². The number of carboxylic acid groups (broad SMARTS) is 1. The first kappa shape index (κ1) is 18.7. The fraction of sp³-hybridized carbons (Fsp3) is 0.875. The molecule has 2 nitrogen and oxygen atoms in total. The number of aliphatic carboxylic acids is 1. The number of carboxylic acids is 1. The van der Waals surface area contributed by atoms with Crippen LogP contribution in [0.3, 0.4) is 0 Å². The van der Waals surface area contributed by atoms with Crippen LogP contribution in [0.5, 0.6) is 0 Å². The van der Waals surface area contributed by atoms with Gasteiger partial charge in [0, 0.05) is 34.2 Å². The molecule has 0 aliphatic heterocycles. The maximum Gasteiger partial charge on any atom is 0 e. The van der Waals surface area contributed by atoms with Gasteiger partial charge in [0.15, 0.2) is 0 Å². The third-order valence-corrected chi connectivity index (χ3v) is 7.79. The van der Waals surface area contributed by atoms with E-state index in [9.17, 15) is 0 Å². The maximum absolute atomic E-state index is 9.00. The largest absolute Gasteiger partial charge is 0 e. The van der Waals surface area contributed by atoms with Crippen molar-refractivity contribution < 1.29 is 37.2 Å². The number of hydrogen-bond donors (Lipinski definition) is 1. The van der Waals surface area contributed by atoms with Gasteiger partial charge in [-0.1, -0.05) is 0 Å². The van der Waals surface area contributed by atoms with Crippen molar-refractivity contribution in [3.8, 4) is 0 Å². The van der Waals surface area contributed by atoms with Gasteiger partial charge in [0.2, 0.25) is 0 Å². The standard InChI is InChI=1S/C6H15Ge.C2H4O2.Cd/c1-4-7(5-2)6-3;1-2(3)4;/h4-6H2,1-3H3;1H3,(H,3,4);. The van der Waals surface area contributed by atoms with E-state index in [1.807, 2.05) is 0 Å². The molecule has 69 valence electrons. The molecule has 0 saturated carbocycles. The van der Waals surface area contributed by atoms with Crippen LogP contribution < -0.4 is 0 Å². The van der Waals surface area contributed by atoms with Crippen LogP contribution >= 0.6 is 0 Å². The minimum atomic E-state index is -0.833. The summed E-state index contributed by atoms with van der Waals surface area (Å²) in [5.41, 5.74) is 0. The Kier molecular flexibility index (Phi) is 22.5. The van der Waals surface area contributed by atoms with Crippen LogP contribution in [0.1, 0.15) is 27.7 Å². The molecule has 0 aromatic rings. The molecule has 0 saturated heterocycles. The van der Waals surface area contributed by atoms with Gasteiger partial charge in [-0.3, -0.25) is 4.79 Å². The molecular formula is C8H19CdGeO2. The first-order chi connectivity index (χ1) is 5.08. The van der Waals surface area contributed by atoms with Gasteiger partial charge < -0.3 is 5.11 Å². The van der Waals surface area contributed by atoms with E-state index in [0.29, 0.717) is 0 Å². The maximum atomic E-state index is 9.00. The molecule has 0 rings (SSSR count). The molecule has 0 unspecified atom stereocenters. The molecule has 0 atom stereocenters. The van der Waals surface area contributed by atoms with Crippen molar-refractivity contribution in [1.29, 1.82) is 0 Å². The molecule has 0 spiro atoms. The minimum Gasteiger partial charge on any atom is 0 e. The van der Waals surface area contributed by atoms with E-state index < -0.39 is 20.3 Å². The fourth-order valence-electron chi connectivity index (χ4n) is 0.750. The average Bonchev–Trinajstić information content (AvgIpc) is 1.90. The van der Waals surface area contributed by atoms with Crippen molar-refractivity contribution in [2.45, 2.75) is 43.5 Å². The molecule has 0 fully saturated rings. The molecule has 1 radical (unpaired) electrons. The Hall–Kier alpha value is 0.935. The van der Waals surface area contributed by atoms with Crippen molar-refractivity contribution in [3.63, 3.8) is 0 Å². The second kappa shape index (κ2) is 14.5. The Morgan fingerprint density at radius 3 is 1.33 bits per heavy atom. The van der Waals surface area contributed by atoms with Gasteiger partial charge in [-0.15, -0.1) is 0 Å². The second-order valence-electron chi connectivity index (χ2n) is 2.33. The summed E-state index contributed by atoms with van der Waals surface area (Å²) in [6, 6.07) is 0. The summed E-state index contributed by atoms with van der Waals surface area (Å²) >= 11 is -0.403. The van der Waals surface area contributed by atoms with Crippen molar-refractivity contribution >= 4 is 20.3 Å². The van der Waals surface area contributed by atoms with E-state index in [2.05, 4.69) is 20.8 Å². The SMILES string of the molecule is CC(=O)O.C[CH2][Ge]([CH2]C)[CH2]C.[Cd]. The molecular weight excluding hydrogens is 313 g/mol. The van der Waals surface area contributed by atoms with Gasteiger partial charge in [0.25, 0.3) is 5.97 Å². The van der Waals surface area contributed by atoms with Crippen LogP contribution in [0, 0.1) is 0 Å². The van der Waals surface area contributed by atoms with Gasteiger partial charge in [-0.05, 0) is 0 Å². The third-order valence-electron chi connectivity index (χ3n) is 1.50. The van der Waals surface area contributed by atoms with E-state index in [-0.39, 0.29) is 27.3 Å². The molecule has 1 N–H and O–H groups in total. The van der Waals surface area contributed by atoms with E-state index in [0.717, 1.165) is 6.92 Å². The number of carbonyl (C=O) groups is 1. The van der Waals surface area contributed by atoms with Crippen LogP contribution in [0.2, 0.25) is 15.8 Å². The molecule has 0 aromatic heterocycles. The average molecular weight is 332 g/mol. The molecule has 0 aliphatic rings. The Morgan fingerprint density at radius 1 is 1.17 bits per heavy atom. The van der Waals surface area contributed by atoms with Crippen molar-refractivity contribution in [3.05, 3.63) is 0 Å². The van der Waals surface area contributed by atoms with Gasteiger partial charge in [-0.2, -0.15) is 0 Å². The van der Waals surface area contributed by atoms with E-state index in [1.165, 1.54) is 15.8 Å². The zero-order valence-corrected chi connectivity index (χ0v) is 14.8. The van der Waals surface area contributed by atoms with Crippen LogP contribution in [-0.2, 0) is 32.1 Å². The Labute approximate surface area is 100 Å². The van der Waals surface area contributed by atoms with Crippen molar-refractivity contribution in [1.82, 2.24) is 0 Å². The smallest absolute Gasteiger partial charge is 0 e.